The molecule has 0 bridgehead atoms. The molecule has 0 aliphatic rings. The first-order valence-corrected chi connectivity index (χ1v) is 5.81. The molecule has 1 rings (SSSR count). The van der Waals surface area contributed by atoms with Crippen LogP contribution in [0.2, 0.25) is 0 Å². The first kappa shape index (κ1) is 12.2. The van der Waals surface area contributed by atoms with Gasteiger partial charge < -0.3 is 9.84 Å². The van der Waals surface area contributed by atoms with Crippen molar-refractivity contribution < 1.29 is 14.6 Å². The number of thiophene rings is 1. The van der Waals surface area contributed by atoms with Crippen LogP contribution in [-0.2, 0) is 9.53 Å². The minimum atomic E-state index is -0.906. The second kappa shape index (κ2) is 4.77. The van der Waals surface area contributed by atoms with E-state index in [2.05, 4.69) is 0 Å². The molecule has 0 aliphatic carbocycles. The second-order valence-corrected chi connectivity index (χ2v) is 4.68. The molecule has 84 valence electrons. The Labute approximate surface area is 93.7 Å². The highest BCUT2D eigenvalue weighted by atomic mass is 32.1. The summed E-state index contributed by atoms with van der Waals surface area (Å²) in [4.78, 5) is 11.6. The maximum Gasteiger partial charge on any atom is 0.314 e. The van der Waals surface area contributed by atoms with Crippen molar-refractivity contribution in [1.29, 1.82) is 0 Å². The normalized spacial score (nSPS) is 13.6. The highest BCUT2D eigenvalue weighted by Crippen LogP contribution is 2.35. The standard InChI is InChI=1S/C11H16O3S/c1-4-14-10(13)11(2,3)9(12)8-5-6-15-7-8/h5-7,9,12H,4H2,1-3H3. The van der Waals surface area contributed by atoms with Gasteiger partial charge in [-0.1, -0.05) is 0 Å². The third kappa shape index (κ3) is 2.58. The van der Waals surface area contributed by atoms with Crippen molar-refractivity contribution in [3.05, 3.63) is 22.4 Å². The highest BCUT2D eigenvalue weighted by molar-refractivity contribution is 7.07. The monoisotopic (exact) mass is 228 g/mol. The number of aliphatic hydroxyl groups is 1. The first-order chi connectivity index (χ1) is 7.00. The van der Waals surface area contributed by atoms with E-state index in [9.17, 15) is 9.90 Å². The lowest BCUT2D eigenvalue weighted by atomic mass is 9.83. The summed E-state index contributed by atoms with van der Waals surface area (Å²) in [5, 5.41) is 13.8. The number of hydrogen-bond donors (Lipinski definition) is 1. The molecular weight excluding hydrogens is 212 g/mol. The molecule has 1 aromatic rings. The van der Waals surface area contributed by atoms with Gasteiger partial charge in [0, 0.05) is 0 Å². The quantitative estimate of drug-likeness (QED) is 0.805. The fraction of sp³-hybridized carbons (Fsp3) is 0.545. The van der Waals surface area contributed by atoms with Crippen LogP contribution < -0.4 is 0 Å². The Balaban J connectivity index is 2.81. The van der Waals surface area contributed by atoms with Gasteiger partial charge in [0.15, 0.2) is 0 Å². The van der Waals surface area contributed by atoms with E-state index in [4.69, 9.17) is 4.74 Å². The Morgan fingerprint density at radius 2 is 2.33 bits per heavy atom. The lowest BCUT2D eigenvalue weighted by molar-refractivity contribution is -0.160. The van der Waals surface area contributed by atoms with E-state index in [-0.39, 0.29) is 5.97 Å². The minimum Gasteiger partial charge on any atom is -0.465 e. The maximum atomic E-state index is 11.6. The van der Waals surface area contributed by atoms with Crippen LogP contribution in [0.3, 0.4) is 0 Å². The van der Waals surface area contributed by atoms with Crippen molar-refractivity contribution in [2.24, 2.45) is 5.41 Å². The van der Waals surface area contributed by atoms with E-state index >= 15 is 0 Å². The number of ether oxygens (including phenoxy) is 1. The van der Waals surface area contributed by atoms with Crippen LogP contribution in [-0.4, -0.2) is 17.7 Å². The fourth-order valence-electron chi connectivity index (χ4n) is 1.28. The van der Waals surface area contributed by atoms with Crippen molar-refractivity contribution in [2.45, 2.75) is 26.9 Å². The summed E-state index contributed by atoms with van der Waals surface area (Å²) in [7, 11) is 0. The van der Waals surface area contributed by atoms with Crippen molar-refractivity contribution in [3.63, 3.8) is 0 Å². The second-order valence-electron chi connectivity index (χ2n) is 3.90. The average Bonchev–Trinajstić information content (AvgIpc) is 2.69. The molecule has 1 heterocycles. The highest BCUT2D eigenvalue weighted by Gasteiger charge is 2.38. The number of esters is 1. The Bertz CT molecular complexity index is 317. The molecule has 0 saturated heterocycles. The summed E-state index contributed by atoms with van der Waals surface area (Å²) in [5.74, 6) is -0.372. The van der Waals surface area contributed by atoms with Gasteiger partial charge in [-0.15, -0.1) is 0 Å². The number of aliphatic hydroxyl groups excluding tert-OH is 1. The lowest BCUT2D eigenvalue weighted by Gasteiger charge is -2.27. The van der Waals surface area contributed by atoms with E-state index in [1.54, 1.807) is 20.8 Å². The van der Waals surface area contributed by atoms with E-state index in [0.29, 0.717) is 6.61 Å². The van der Waals surface area contributed by atoms with Crippen LogP contribution in [0.4, 0.5) is 0 Å². The minimum absolute atomic E-state index is 0.332. The summed E-state index contributed by atoms with van der Waals surface area (Å²) in [6, 6.07) is 1.82. The van der Waals surface area contributed by atoms with Gasteiger partial charge in [0.1, 0.15) is 0 Å². The maximum absolute atomic E-state index is 11.6. The van der Waals surface area contributed by atoms with E-state index in [0.717, 1.165) is 5.56 Å². The van der Waals surface area contributed by atoms with Crippen LogP contribution in [0.1, 0.15) is 32.4 Å². The van der Waals surface area contributed by atoms with Gasteiger partial charge in [0.05, 0.1) is 18.1 Å². The summed E-state index contributed by atoms with van der Waals surface area (Å²) in [6.45, 7) is 5.46. The molecule has 1 N–H and O–H groups in total. The van der Waals surface area contributed by atoms with Gasteiger partial charge in [0.2, 0.25) is 0 Å². The van der Waals surface area contributed by atoms with Crippen molar-refractivity contribution in [1.82, 2.24) is 0 Å². The van der Waals surface area contributed by atoms with Crippen LogP contribution >= 0.6 is 11.3 Å². The van der Waals surface area contributed by atoms with Crippen molar-refractivity contribution in [2.75, 3.05) is 6.61 Å². The first-order valence-electron chi connectivity index (χ1n) is 4.87. The van der Waals surface area contributed by atoms with Gasteiger partial charge in [-0.25, -0.2) is 0 Å². The smallest absolute Gasteiger partial charge is 0.314 e. The molecule has 0 aromatic carbocycles. The Kier molecular flexibility index (Phi) is 3.88. The molecular formula is C11H16O3S. The molecule has 15 heavy (non-hydrogen) atoms. The zero-order chi connectivity index (χ0) is 11.5. The molecule has 0 spiro atoms. The molecule has 1 atom stereocenters. The third-order valence-corrected chi connectivity index (χ3v) is 3.05. The Morgan fingerprint density at radius 3 is 2.80 bits per heavy atom. The molecule has 1 aromatic heterocycles. The van der Waals surface area contributed by atoms with Crippen LogP contribution in [0, 0.1) is 5.41 Å². The Morgan fingerprint density at radius 1 is 1.67 bits per heavy atom. The van der Waals surface area contributed by atoms with Crippen LogP contribution in [0.25, 0.3) is 0 Å². The molecule has 4 heteroatoms. The van der Waals surface area contributed by atoms with Gasteiger partial charge >= 0.3 is 5.97 Å². The third-order valence-electron chi connectivity index (χ3n) is 2.34. The largest absolute Gasteiger partial charge is 0.465 e. The number of carbonyl (C=O) groups excluding carboxylic acids is 1. The van der Waals surface area contributed by atoms with Gasteiger partial charge in [-0.3, -0.25) is 4.79 Å². The molecule has 0 saturated carbocycles. The number of carbonyl (C=O) groups is 1. The van der Waals surface area contributed by atoms with E-state index in [1.807, 2.05) is 16.8 Å². The zero-order valence-electron chi connectivity index (χ0n) is 9.19. The average molecular weight is 228 g/mol. The molecule has 0 radical (unpaired) electrons. The summed E-state index contributed by atoms with van der Waals surface area (Å²) < 4.78 is 4.93. The van der Waals surface area contributed by atoms with Gasteiger partial charge in [-0.2, -0.15) is 11.3 Å². The van der Waals surface area contributed by atoms with Gasteiger partial charge in [-0.05, 0) is 43.2 Å². The van der Waals surface area contributed by atoms with Crippen molar-refractivity contribution in [3.8, 4) is 0 Å². The topological polar surface area (TPSA) is 46.5 Å². The lowest BCUT2D eigenvalue weighted by Crippen LogP contribution is -2.33. The Hall–Kier alpha value is -0.870. The fourth-order valence-corrected chi connectivity index (χ4v) is 1.95. The van der Waals surface area contributed by atoms with E-state index in [1.165, 1.54) is 11.3 Å². The molecule has 0 fully saturated rings. The summed E-state index contributed by atoms with van der Waals surface area (Å²) in [6.07, 6.45) is -0.817. The van der Waals surface area contributed by atoms with Gasteiger partial charge in [0.25, 0.3) is 0 Å². The zero-order valence-corrected chi connectivity index (χ0v) is 10.0. The SMILES string of the molecule is CCOC(=O)C(C)(C)C(O)c1ccsc1. The predicted molar refractivity (Wildman–Crippen MR) is 59.7 cm³/mol. The molecule has 0 amide bonds. The van der Waals surface area contributed by atoms with Crippen molar-refractivity contribution >= 4 is 17.3 Å². The molecule has 3 nitrogen and oxygen atoms in total. The molecule has 0 aliphatic heterocycles. The van der Waals surface area contributed by atoms with E-state index < -0.39 is 11.5 Å². The molecule has 1 unspecified atom stereocenters. The number of hydrogen-bond acceptors (Lipinski definition) is 4. The van der Waals surface area contributed by atoms with Crippen LogP contribution in [0.15, 0.2) is 16.8 Å². The van der Waals surface area contributed by atoms with Crippen LogP contribution in [0.5, 0.6) is 0 Å². The summed E-state index contributed by atoms with van der Waals surface area (Å²) >= 11 is 1.50. The number of rotatable bonds is 4. The predicted octanol–water partition coefficient (Wildman–Crippen LogP) is 2.37. The summed E-state index contributed by atoms with van der Waals surface area (Å²) in [5.41, 5.74) is -0.144.